The number of esters is 1. The molecule has 80 valence electrons. The molecular weight excluding hydrogens is 182 g/mol. The molecule has 0 heterocycles. The molecule has 0 fully saturated rings. The van der Waals surface area contributed by atoms with Crippen LogP contribution >= 0.6 is 0 Å². The second-order valence-electron chi connectivity index (χ2n) is 3.21. The summed E-state index contributed by atoms with van der Waals surface area (Å²) in [5, 5.41) is 0. The summed E-state index contributed by atoms with van der Waals surface area (Å²) in [5.41, 5.74) is 0.393. The van der Waals surface area contributed by atoms with Crippen molar-refractivity contribution in [2.24, 2.45) is 0 Å². The first-order valence-corrected chi connectivity index (χ1v) is 4.49. The van der Waals surface area contributed by atoms with Gasteiger partial charge >= 0.3 is 5.97 Å². The zero-order valence-corrected chi connectivity index (χ0v) is 9.00. The molecule has 0 saturated heterocycles. The third-order valence-corrected chi connectivity index (χ3v) is 1.76. The lowest BCUT2D eigenvalue weighted by Crippen LogP contribution is -2.25. The number of carbonyl (C=O) groups is 2. The molecule has 0 aromatic rings. The van der Waals surface area contributed by atoms with Crippen molar-refractivity contribution in [3.63, 3.8) is 0 Å². The number of nitrogens with zero attached hydrogens (tertiary/aromatic N) is 1. The van der Waals surface area contributed by atoms with Gasteiger partial charge in [0, 0.05) is 26.1 Å². The maximum absolute atomic E-state index is 10.9. The van der Waals surface area contributed by atoms with Gasteiger partial charge < -0.3 is 9.64 Å². The highest BCUT2D eigenvalue weighted by molar-refractivity contribution is 5.86. The molecule has 14 heavy (non-hydrogen) atoms. The van der Waals surface area contributed by atoms with Crippen LogP contribution in [0.4, 0.5) is 0 Å². The van der Waals surface area contributed by atoms with Crippen molar-refractivity contribution in [1.82, 2.24) is 4.90 Å². The third-order valence-electron chi connectivity index (χ3n) is 1.76. The summed E-state index contributed by atoms with van der Waals surface area (Å²) < 4.78 is 4.86. The van der Waals surface area contributed by atoms with Crippen LogP contribution in [0.5, 0.6) is 0 Å². The highest BCUT2D eigenvalue weighted by Gasteiger charge is 2.04. The monoisotopic (exact) mass is 199 g/mol. The fourth-order valence-electron chi connectivity index (χ4n) is 0.747. The van der Waals surface area contributed by atoms with Crippen molar-refractivity contribution < 1.29 is 14.3 Å². The molecule has 0 N–H and O–H groups in total. The molecular formula is C10H17NO3. The highest BCUT2D eigenvalue weighted by Crippen LogP contribution is 1.94. The average Bonchev–Trinajstić information content (AvgIpc) is 2.11. The largest absolute Gasteiger partial charge is 0.462 e. The summed E-state index contributed by atoms with van der Waals surface area (Å²) in [6.45, 7) is 7.48. The van der Waals surface area contributed by atoms with E-state index in [9.17, 15) is 9.59 Å². The Morgan fingerprint density at radius 2 is 1.93 bits per heavy atom. The number of amides is 1. The van der Waals surface area contributed by atoms with E-state index in [1.165, 1.54) is 6.92 Å². The zero-order chi connectivity index (χ0) is 11.1. The van der Waals surface area contributed by atoms with Crippen molar-refractivity contribution in [2.45, 2.75) is 20.3 Å². The van der Waals surface area contributed by atoms with Crippen molar-refractivity contribution in [2.75, 3.05) is 20.2 Å². The smallest absolute Gasteiger partial charge is 0.333 e. The molecule has 0 saturated carbocycles. The Labute approximate surface area is 84.5 Å². The second kappa shape index (κ2) is 6.18. The molecule has 1 amide bonds. The van der Waals surface area contributed by atoms with Gasteiger partial charge in [0.2, 0.25) is 5.91 Å². The summed E-state index contributed by atoms with van der Waals surface area (Å²) in [4.78, 5) is 23.3. The van der Waals surface area contributed by atoms with Crippen molar-refractivity contribution in [1.29, 1.82) is 0 Å². The fourth-order valence-corrected chi connectivity index (χ4v) is 0.747. The number of hydrogen-bond acceptors (Lipinski definition) is 3. The van der Waals surface area contributed by atoms with Gasteiger partial charge in [-0.05, 0) is 13.3 Å². The first-order valence-electron chi connectivity index (χ1n) is 4.49. The average molecular weight is 199 g/mol. The van der Waals surface area contributed by atoms with Crippen LogP contribution in [0.15, 0.2) is 12.2 Å². The molecule has 0 aliphatic rings. The number of ether oxygens (including phenoxy) is 1. The van der Waals surface area contributed by atoms with Crippen LogP contribution in [0.2, 0.25) is 0 Å². The fraction of sp³-hybridized carbons (Fsp3) is 0.600. The highest BCUT2D eigenvalue weighted by atomic mass is 16.5. The summed E-state index contributed by atoms with van der Waals surface area (Å²) in [7, 11) is 1.71. The van der Waals surface area contributed by atoms with Gasteiger partial charge in [0.25, 0.3) is 0 Å². The summed E-state index contributed by atoms with van der Waals surface area (Å²) >= 11 is 0. The molecule has 0 aliphatic heterocycles. The lowest BCUT2D eigenvalue weighted by molar-refractivity contribution is -0.139. The molecule has 0 spiro atoms. The minimum atomic E-state index is -0.379. The Morgan fingerprint density at radius 1 is 1.36 bits per heavy atom. The van der Waals surface area contributed by atoms with Gasteiger partial charge in [0.05, 0.1) is 6.61 Å². The second-order valence-corrected chi connectivity index (χ2v) is 3.21. The number of rotatable bonds is 5. The van der Waals surface area contributed by atoms with Crippen molar-refractivity contribution >= 4 is 11.9 Å². The van der Waals surface area contributed by atoms with Crippen LogP contribution in [-0.4, -0.2) is 37.0 Å². The van der Waals surface area contributed by atoms with Crippen molar-refractivity contribution in [3.8, 4) is 0 Å². The van der Waals surface area contributed by atoms with Crippen LogP contribution in [0.3, 0.4) is 0 Å². The quantitative estimate of drug-likeness (QED) is 0.376. The summed E-state index contributed by atoms with van der Waals surface area (Å²) in [6, 6.07) is 0. The van der Waals surface area contributed by atoms with Crippen LogP contribution in [-0.2, 0) is 14.3 Å². The molecule has 4 heteroatoms. The van der Waals surface area contributed by atoms with Crippen LogP contribution in [0, 0.1) is 0 Å². The lowest BCUT2D eigenvalue weighted by atomic mass is 10.3. The minimum Gasteiger partial charge on any atom is -0.462 e. The van der Waals surface area contributed by atoms with E-state index in [0.717, 1.165) is 0 Å². The Bertz CT molecular complexity index is 236. The van der Waals surface area contributed by atoms with Gasteiger partial charge in [-0.3, -0.25) is 4.79 Å². The van der Waals surface area contributed by atoms with E-state index in [1.807, 2.05) is 0 Å². The molecule has 0 aromatic carbocycles. The van der Waals surface area contributed by atoms with E-state index >= 15 is 0 Å². The van der Waals surface area contributed by atoms with Crippen LogP contribution in [0.25, 0.3) is 0 Å². The summed E-state index contributed by atoms with van der Waals surface area (Å²) in [5.74, 6) is -0.369. The Hall–Kier alpha value is -1.32. The Morgan fingerprint density at radius 3 is 2.36 bits per heavy atom. The van der Waals surface area contributed by atoms with E-state index in [0.29, 0.717) is 25.1 Å². The van der Waals surface area contributed by atoms with E-state index in [2.05, 4.69) is 6.58 Å². The molecule has 0 aromatic heterocycles. The predicted octanol–water partition coefficient (Wildman–Crippen LogP) is 0.974. The Kier molecular flexibility index (Phi) is 5.60. The van der Waals surface area contributed by atoms with Crippen molar-refractivity contribution in [3.05, 3.63) is 12.2 Å². The molecule has 0 bridgehead atoms. The molecule has 0 atom stereocenters. The van der Waals surface area contributed by atoms with Crippen LogP contribution in [0.1, 0.15) is 20.3 Å². The van der Waals surface area contributed by atoms with Gasteiger partial charge in [-0.15, -0.1) is 0 Å². The topological polar surface area (TPSA) is 46.6 Å². The number of hydrogen-bond donors (Lipinski definition) is 0. The third kappa shape index (κ3) is 5.35. The minimum absolute atomic E-state index is 0.0104. The standard InChI is InChI=1S/C10H17NO3/c1-8(2)10(13)14-7-5-6-11(4)9(3)12/h1,5-7H2,2-4H3. The van der Waals surface area contributed by atoms with E-state index in [4.69, 9.17) is 4.74 Å². The summed E-state index contributed by atoms with van der Waals surface area (Å²) in [6.07, 6.45) is 0.648. The first kappa shape index (κ1) is 12.7. The van der Waals surface area contributed by atoms with Gasteiger partial charge in [0.1, 0.15) is 0 Å². The van der Waals surface area contributed by atoms with Gasteiger partial charge in [0.15, 0.2) is 0 Å². The van der Waals surface area contributed by atoms with Gasteiger partial charge in [-0.2, -0.15) is 0 Å². The van der Waals surface area contributed by atoms with Crippen LogP contribution < -0.4 is 0 Å². The molecule has 0 radical (unpaired) electrons. The predicted molar refractivity (Wildman–Crippen MR) is 53.7 cm³/mol. The first-order chi connectivity index (χ1) is 6.45. The maximum atomic E-state index is 10.9. The molecule has 0 aliphatic carbocycles. The maximum Gasteiger partial charge on any atom is 0.333 e. The SMILES string of the molecule is C=C(C)C(=O)OCCCN(C)C(C)=O. The Balaban J connectivity index is 3.52. The van der Waals surface area contributed by atoms with E-state index in [1.54, 1.807) is 18.9 Å². The van der Waals surface area contributed by atoms with Gasteiger partial charge in [-0.1, -0.05) is 6.58 Å². The number of carbonyl (C=O) groups excluding carboxylic acids is 2. The lowest BCUT2D eigenvalue weighted by Gasteiger charge is -2.14. The normalized spacial score (nSPS) is 9.36. The van der Waals surface area contributed by atoms with E-state index < -0.39 is 0 Å². The van der Waals surface area contributed by atoms with E-state index in [-0.39, 0.29) is 11.9 Å². The van der Waals surface area contributed by atoms with Gasteiger partial charge in [-0.25, -0.2) is 4.79 Å². The molecule has 0 rings (SSSR count). The zero-order valence-electron chi connectivity index (χ0n) is 9.00. The molecule has 4 nitrogen and oxygen atoms in total. The molecule has 0 unspecified atom stereocenters.